The van der Waals surface area contributed by atoms with Gasteiger partial charge < -0.3 is 4.90 Å². The van der Waals surface area contributed by atoms with Crippen LogP contribution in [0.1, 0.15) is 29.8 Å². The summed E-state index contributed by atoms with van der Waals surface area (Å²) in [7, 11) is 0. The van der Waals surface area contributed by atoms with E-state index in [-0.39, 0.29) is 17.5 Å². The number of rotatable bonds is 4. The predicted octanol–water partition coefficient (Wildman–Crippen LogP) is 3.38. The third kappa shape index (κ3) is 3.53. The van der Waals surface area contributed by atoms with Crippen LogP contribution in [0.2, 0.25) is 0 Å². The predicted molar refractivity (Wildman–Crippen MR) is 71.1 cm³/mol. The highest BCUT2D eigenvalue weighted by Crippen LogP contribution is 2.14. The molecule has 0 spiro atoms. The summed E-state index contributed by atoms with van der Waals surface area (Å²) in [4.78, 5) is 13.9. The van der Waals surface area contributed by atoms with Crippen molar-refractivity contribution in [2.45, 2.75) is 26.8 Å². The Hall–Kier alpha value is -0.900. The summed E-state index contributed by atoms with van der Waals surface area (Å²) in [5.41, 5.74) is 1.04. The first-order valence-electron chi connectivity index (χ1n) is 5.60. The van der Waals surface area contributed by atoms with Crippen molar-refractivity contribution < 1.29 is 9.18 Å². The third-order valence-corrected chi connectivity index (χ3v) is 2.92. The molecule has 1 amide bonds. The minimum atomic E-state index is -0.458. The average Bonchev–Trinajstić information content (AvgIpc) is 2.28. The zero-order chi connectivity index (χ0) is 13.0. The number of hydrogen-bond acceptors (Lipinski definition) is 1. The number of alkyl halides is 1. The van der Waals surface area contributed by atoms with Crippen molar-refractivity contribution in [3.63, 3.8) is 0 Å². The van der Waals surface area contributed by atoms with Gasteiger partial charge in [0, 0.05) is 17.9 Å². The maximum atomic E-state index is 13.6. The lowest BCUT2D eigenvalue weighted by Gasteiger charge is -2.26. The standard InChI is InChI=1S/C13H17BrFNO/c1-9(2)16(7-6-14)13(17)11-8-10(3)4-5-12(11)15/h4-5,8-9H,6-7H2,1-3H3. The molecule has 0 saturated heterocycles. The Morgan fingerprint density at radius 1 is 1.47 bits per heavy atom. The molecule has 0 aliphatic carbocycles. The molecule has 1 aromatic carbocycles. The number of benzene rings is 1. The van der Waals surface area contributed by atoms with Gasteiger partial charge in [0.1, 0.15) is 5.82 Å². The van der Waals surface area contributed by atoms with Gasteiger partial charge in [0.05, 0.1) is 5.56 Å². The number of carbonyl (C=O) groups is 1. The highest BCUT2D eigenvalue weighted by atomic mass is 79.9. The summed E-state index contributed by atoms with van der Waals surface area (Å²) in [6, 6.07) is 4.66. The van der Waals surface area contributed by atoms with Crippen molar-refractivity contribution in [2.24, 2.45) is 0 Å². The molecule has 94 valence electrons. The van der Waals surface area contributed by atoms with Crippen LogP contribution >= 0.6 is 15.9 Å². The number of aryl methyl sites for hydroxylation is 1. The van der Waals surface area contributed by atoms with Gasteiger partial charge >= 0.3 is 0 Å². The fourth-order valence-corrected chi connectivity index (χ4v) is 2.03. The molecule has 4 heteroatoms. The summed E-state index contributed by atoms with van der Waals surface area (Å²) < 4.78 is 13.6. The number of halogens is 2. The average molecular weight is 302 g/mol. The lowest BCUT2D eigenvalue weighted by atomic mass is 10.1. The van der Waals surface area contributed by atoms with Crippen molar-refractivity contribution in [1.82, 2.24) is 4.90 Å². The lowest BCUT2D eigenvalue weighted by Crippen LogP contribution is -2.38. The second-order valence-electron chi connectivity index (χ2n) is 4.26. The van der Waals surface area contributed by atoms with E-state index in [4.69, 9.17) is 0 Å². The van der Waals surface area contributed by atoms with Gasteiger partial charge in [0.2, 0.25) is 0 Å². The molecule has 0 bridgehead atoms. The van der Waals surface area contributed by atoms with E-state index in [0.29, 0.717) is 11.9 Å². The van der Waals surface area contributed by atoms with Crippen LogP contribution in [-0.4, -0.2) is 28.7 Å². The molecule has 0 fully saturated rings. The highest BCUT2D eigenvalue weighted by Gasteiger charge is 2.21. The Morgan fingerprint density at radius 2 is 2.12 bits per heavy atom. The number of nitrogens with zero attached hydrogens (tertiary/aromatic N) is 1. The molecular weight excluding hydrogens is 285 g/mol. The van der Waals surface area contributed by atoms with Crippen LogP contribution in [0.5, 0.6) is 0 Å². The second-order valence-corrected chi connectivity index (χ2v) is 5.06. The van der Waals surface area contributed by atoms with Gasteiger partial charge in [0.15, 0.2) is 0 Å². The minimum Gasteiger partial charge on any atom is -0.335 e. The van der Waals surface area contributed by atoms with Crippen molar-refractivity contribution in [2.75, 3.05) is 11.9 Å². The maximum absolute atomic E-state index is 13.6. The first kappa shape index (κ1) is 14.2. The zero-order valence-electron chi connectivity index (χ0n) is 10.3. The van der Waals surface area contributed by atoms with E-state index < -0.39 is 5.82 Å². The summed E-state index contributed by atoms with van der Waals surface area (Å²) in [6.07, 6.45) is 0. The van der Waals surface area contributed by atoms with Gasteiger partial charge in [0.25, 0.3) is 5.91 Å². The van der Waals surface area contributed by atoms with E-state index in [1.54, 1.807) is 17.0 Å². The summed E-state index contributed by atoms with van der Waals surface area (Å²) >= 11 is 3.30. The number of amides is 1. The summed E-state index contributed by atoms with van der Waals surface area (Å²) in [5, 5.41) is 0.685. The smallest absolute Gasteiger partial charge is 0.257 e. The van der Waals surface area contributed by atoms with Crippen LogP contribution in [0, 0.1) is 12.7 Å². The van der Waals surface area contributed by atoms with Gasteiger partial charge in [-0.3, -0.25) is 4.79 Å². The van der Waals surface area contributed by atoms with E-state index in [2.05, 4.69) is 15.9 Å². The van der Waals surface area contributed by atoms with E-state index in [0.717, 1.165) is 5.56 Å². The van der Waals surface area contributed by atoms with E-state index in [1.807, 2.05) is 20.8 Å². The van der Waals surface area contributed by atoms with Gasteiger partial charge in [-0.15, -0.1) is 0 Å². The maximum Gasteiger partial charge on any atom is 0.257 e. The normalized spacial score (nSPS) is 10.7. The van der Waals surface area contributed by atoms with Crippen molar-refractivity contribution in [3.8, 4) is 0 Å². The van der Waals surface area contributed by atoms with Crippen LogP contribution in [0.25, 0.3) is 0 Å². The van der Waals surface area contributed by atoms with Crippen molar-refractivity contribution in [3.05, 3.63) is 35.1 Å². The Morgan fingerprint density at radius 3 is 2.65 bits per heavy atom. The Balaban J connectivity index is 3.04. The lowest BCUT2D eigenvalue weighted by molar-refractivity contribution is 0.0714. The molecule has 0 atom stereocenters. The van der Waals surface area contributed by atoms with Gasteiger partial charge in [-0.05, 0) is 32.9 Å². The van der Waals surface area contributed by atoms with Gasteiger partial charge in [-0.1, -0.05) is 27.6 Å². The molecule has 1 aromatic rings. The fraction of sp³-hybridized carbons (Fsp3) is 0.462. The van der Waals surface area contributed by atoms with Crippen LogP contribution < -0.4 is 0 Å². The van der Waals surface area contributed by atoms with Crippen LogP contribution in [-0.2, 0) is 0 Å². The summed E-state index contributed by atoms with van der Waals surface area (Å²) in [6.45, 7) is 6.27. The third-order valence-electron chi connectivity index (χ3n) is 2.56. The molecule has 0 radical (unpaired) electrons. The fourth-order valence-electron chi connectivity index (χ4n) is 1.64. The van der Waals surface area contributed by atoms with Crippen molar-refractivity contribution in [1.29, 1.82) is 0 Å². The quantitative estimate of drug-likeness (QED) is 0.781. The first-order chi connectivity index (χ1) is 7.97. The molecule has 2 nitrogen and oxygen atoms in total. The monoisotopic (exact) mass is 301 g/mol. The number of hydrogen-bond donors (Lipinski definition) is 0. The molecule has 0 unspecified atom stereocenters. The molecule has 1 rings (SSSR count). The van der Waals surface area contributed by atoms with E-state index >= 15 is 0 Å². The summed E-state index contributed by atoms with van der Waals surface area (Å²) in [5.74, 6) is -0.707. The van der Waals surface area contributed by atoms with Crippen LogP contribution in [0.15, 0.2) is 18.2 Å². The highest BCUT2D eigenvalue weighted by molar-refractivity contribution is 9.09. The number of carbonyl (C=O) groups excluding carboxylic acids is 1. The minimum absolute atomic E-state index is 0.0555. The molecule has 0 saturated carbocycles. The van der Waals surface area contributed by atoms with Crippen molar-refractivity contribution >= 4 is 21.8 Å². The van der Waals surface area contributed by atoms with E-state index in [1.165, 1.54) is 6.07 Å². The largest absolute Gasteiger partial charge is 0.335 e. The van der Waals surface area contributed by atoms with Gasteiger partial charge in [-0.2, -0.15) is 0 Å². The molecule has 0 N–H and O–H groups in total. The molecule has 17 heavy (non-hydrogen) atoms. The van der Waals surface area contributed by atoms with Crippen LogP contribution in [0.4, 0.5) is 4.39 Å². The molecule has 0 aliphatic heterocycles. The zero-order valence-corrected chi connectivity index (χ0v) is 11.9. The molecule has 0 aromatic heterocycles. The molecule has 0 aliphatic rings. The van der Waals surface area contributed by atoms with Crippen LogP contribution in [0.3, 0.4) is 0 Å². The second kappa shape index (κ2) is 6.15. The van der Waals surface area contributed by atoms with Gasteiger partial charge in [-0.25, -0.2) is 4.39 Å². The topological polar surface area (TPSA) is 20.3 Å². The Labute approximate surface area is 110 Å². The SMILES string of the molecule is Cc1ccc(F)c(C(=O)N(CCBr)C(C)C)c1. The first-order valence-corrected chi connectivity index (χ1v) is 6.72. The Bertz CT molecular complexity index is 406. The molecular formula is C13H17BrFNO. The molecule has 0 heterocycles. The Kier molecular flexibility index (Phi) is 5.12. The van der Waals surface area contributed by atoms with E-state index in [9.17, 15) is 9.18 Å².